The lowest BCUT2D eigenvalue weighted by Gasteiger charge is -2.12. The number of thioether (sulfide) groups is 1. The Morgan fingerprint density at radius 1 is 1.08 bits per heavy atom. The minimum Gasteiger partial charge on any atom is -0.322 e. The van der Waals surface area contributed by atoms with E-state index >= 15 is 0 Å². The largest absolute Gasteiger partial charge is 0.322 e. The molecule has 0 aliphatic heterocycles. The number of benzene rings is 1. The fourth-order valence-electron chi connectivity index (χ4n) is 3.71. The first-order valence-electron chi connectivity index (χ1n) is 9.86. The second-order valence-electron chi connectivity index (χ2n) is 7.73. The summed E-state index contributed by atoms with van der Waals surface area (Å²) in [5.74, 6) is 0.798. The minimum atomic E-state index is 0.00942. The molecule has 3 heteroatoms. The third kappa shape index (κ3) is 4.32. The summed E-state index contributed by atoms with van der Waals surface area (Å²) in [6.45, 7) is 1.86. The molecule has 2 aliphatic rings. The Kier molecular flexibility index (Phi) is 5.35. The average Bonchev–Trinajstić information content (AvgIpc) is 3.30. The van der Waals surface area contributed by atoms with Crippen LogP contribution in [0.3, 0.4) is 0 Å². The van der Waals surface area contributed by atoms with Crippen LogP contribution in [0.4, 0.5) is 0 Å². The Bertz CT molecular complexity index is 839. The highest BCUT2D eigenvalue weighted by atomic mass is 32.2. The van der Waals surface area contributed by atoms with Crippen LogP contribution in [0.1, 0.15) is 61.8 Å². The fraction of sp³-hybridized carbons (Fsp3) is 0.435. The molecular weight excluding hydrogens is 338 g/mol. The molecule has 0 atom stereocenters. The number of nitrogens with one attached hydrogen (secondary N) is 1. The van der Waals surface area contributed by atoms with Crippen molar-refractivity contribution in [1.29, 1.82) is 0 Å². The number of aromatic amines is 1. The van der Waals surface area contributed by atoms with E-state index < -0.39 is 0 Å². The predicted octanol–water partition coefficient (Wildman–Crippen LogP) is 5.95. The maximum absolute atomic E-state index is 12.1. The van der Waals surface area contributed by atoms with E-state index in [-0.39, 0.29) is 5.56 Å². The second kappa shape index (κ2) is 7.87. The van der Waals surface area contributed by atoms with E-state index in [0.717, 1.165) is 34.4 Å². The Labute approximate surface area is 160 Å². The fourth-order valence-corrected chi connectivity index (χ4v) is 4.76. The van der Waals surface area contributed by atoms with Crippen molar-refractivity contribution in [2.45, 2.75) is 62.0 Å². The third-order valence-electron chi connectivity index (χ3n) is 5.52. The molecule has 4 rings (SSSR count). The van der Waals surface area contributed by atoms with Crippen LogP contribution in [0, 0.1) is 12.8 Å². The molecule has 2 aromatic rings. The zero-order valence-electron chi connectivity index (χ0n) is 15.5. The molecule has 0 spiro atoms. The number of pyridine rings is 1. The first-order valence-corrected chi connectivity index (χ1v) is 10.7. The first kappa shape index (κ1) is 17.7. The minimum absolute atomic E-state index is 0.00942. The average molecular weight is 366 g/mol. The Hall–Kier alpha value is -1.74. The maximum atomic E-state index is 12.1. The molecule has 0 amide bonds. The summed E-state index contributed by atoms with van der Waals surface area (Å²) < 4.78 is 0. The first-order chi connectivity index (χ1) is 12.7. The Balaban J connectivity index is 1.63. The zero-order chi connectivity index (χ0) is 17.9. The summed E-state index contributed by atoms with van der Waals surface area (Å²) in [4.78, 5) is 16.6. The van der Waals surface area contributed by atoms with Crippen molar-refractivity contribution >= 4 is 17.3 Å². The van der Waals surface area contributed by atoms with Gasteiger partial charge in [-0.1, -0.05) is 50.0 Å². The van der Waals surface area contributed by atoms with Crippen LogP contribution in [-0.4, -0.2) is 10.2 Å². The normalized spacial score (nSPS) is 18.4. The zero-order valence-corrected chi connectivity index (χ0v) is 16.3. The van der Waals surface area contributed by atoms with Gasteiger partial charge in [-0.2, -0.15) is 0 Å². The van der Waals surface area contributed by atoms with E-state index in [1.807, 2.05) is 30.8 Å². The van der Waals surface area contributed by atoms with Gasteiger partial charge in [-0.15, -0.1) is 11.8 Å². The Morgan fingerprint density at radius 3 is 2.46 bits per heavy atom. The highest BCUT2D eigenvalue weighted by molar-refractivity contribution is 8.00. The summed E-state index contributed by atoms with van der Waals surface area (Å²) in [5.41, 5.74) is 4.07. The van der Waals surface area contributed by atoms with Crippen molar-refractivity contribution in [1.82, 2.24) is 4.98 Å². The van der Waals surface area contributed by atoms with E-state index in [4.69, 9.17) is 0 Å². The number of rotatable bonds is 6. The molecule has 1 heterocycles. The Morgan fingerprint density at radius 2 is 1.81 bits per heavy atom. The van der Waals surface area contributed by atoms with E-state index in [9.17, 15) is 4.79 Å². The lowest BCUT2D eigenvalue weighted by Crippen LogP contribution is -2.11. The van der Waals surface area contributed by atoms with Gasteiger partial charge in [0.1, 0.15) is 0 Å². The van der Waals surface area contributed by atoms with Crippen LogP contribution in [0.5, 0.6) is 0 Å². The number of hydrogen-bond acceptors (Lipinski definition) is 2. The highest BCUT2D eigenvalue weighted by Crippen LogP contribution is 2.39. The lowest BCUT2D eigenvalue weighted by molar-refractivity contribution is 0.558. The molecular formula is C23H27NOS. The van der Waals surface area contributed by atoms with Gasteiger partial charge < -0.3 is 4.98 Å². The summed E-state index contributed by atoms with van der Waals surface area (Å²) in [6, 6.07) is 12.9. The molecule has 2 fully saturated rings. The van der Waals surface area contributed by atoms with Gasteiger partial charge in [0, 0.05) is 27.0 Å². The van der Waals surface area contributed by atoms with Crippen molar-refractivity contribution in [3.63, 3.8) is 0 Å². The standard InChI is InChI=1S/C23H27NOS/c1-16-6-15-22(24-23(16)25)21(14-7-17-4-2-3-5-17)18-8-10-19(11-9-18)26-20-12-13-20/h6,8-11,14-15,17,20H,2-5,7,12-13H2,1H3,(H,24,25)/b21-14+. The molecule has 136 valence electrons. The van der Waals surface area contributed by atoms with E-state index in [2.05, 4.69) is 35.3 Å². The van der Waals surface area contributed by atoms with E-state index in [1.165, 1.54) is 49.0 Å². The number of H-pyrrole nitrogens is 1. The van der Waals surface area contributed by atoms with Crippen LogP contribution in [0.2, 0.25) is 0 Å². The van der Waals surface area contributed by atoms with E-state index in [0.29, 0.717) is 0 Å². The molecule has 1 aromatic heterocycles. The monoisotopic (exact) mass is 365 g/mol. The maximum Gasteiger partial charge on any atom is 0.251 e. The molecule has 26 heavy (non-hydrogen) atoms. The topological polar surface area (TPSA) is 32.9 Å². The van der Waals surface area contributed by atoms with Crippen molar-refractivity contribution in [2.75, 3.05) is 0 Å². The van der Waals surface area contributed by atoms with Gasteiger partial charge in [-0.3, -0.25) is 4.79 Å². The summed E-state index contributed by atoms with van der Waals surface area (Å²) in [6.07, 6.45) is 11.6. The quantitative estimate of drug-likeness (QED) is 0.686. The molecule has 2 saturated carbocycles. The summed E-state index contributed by atoms with van der Waals surface area (Å²) in [5, 5.41) is 0.826. The summed E-state index contributed by atoms with van der Waals surface area (Å²) >= 11 is 1.99. The smallest absolute Gasteiger partial charge is 0.251 e. The van der Waals surface area contributed by atoms with Crippen LogP contribution in [0.15, 0.2) is 52.2 Å². The molecule has 1 aromatic carbocycles. The number of hydrogen-bond donors (Lipinski definition) is 1. The molecule has 0 saturated heterocycles. The van der Waals surface area contributed by atoms with Crippen molar-refractivity contribution in [3.05, 3.63) is 69.6 Å². The molecule has 0 unspecified atom stereocenters. The van der Waals surface area contributed by atoms with Crippen LogP contribution in [-0.2, 0) is 0 Å². The molecule has 0 bridgehead atoms. The molecule has 2 nitrogen and oxygen atoms in total. The number of aromatic nitrogens is 1. The van der Waals surface area contributed by atoms with Crippen LogP contribution >= 0.6 is 11.8 Å². The van der Waals surface area contributed by atoms with Gasteiger partial charge in [0.15, 0.2) is 0 Å². The molecule has 1 N–H and O–H groups in total. The van der Waals surface area contributed by atoms with E-state index in [1.54, 1.807) is 0 Å². The second-order valence-corrected chi connectivity index (χ2v) is 9.10. The third-order valence-corrected chi connectivity index (χ3v) is 6.87. The van der Waals surface area contributed by atoms with Crippen LogP contribution < -0.4 is 5.56 Å². The van der Waals surface area contributed by atoms with Gasteiger partial charge in [0.05, 0.1) is 0 Å². The lowest BCUT2D eigenvalue weighted by atomic mass is 9.96. The van der Waals surface area contributed by atoms with Gasteiger partial charge in [0.25, 0.3) is 5.56 Å². The van der Waals surface area contributed by atoms with Gasteiger partial charge >= 0.3 is 0 Å². The number of allylic oxidation sites excluding steroid dienone is 1. The van der Waals surface area contributed by atoms with Gasteiger partial charge in [0.2, 0.25) is 0 Å². The van der Waals surface area contributed by atoms with Gasteiger partial charge in [-0.25, -0.2) is 0 Å². The highest BCUT2D eigenvalue weighted by Gasteiger charge is 2.22. The van der Waals surface area contributed by atoms with Crippen LogP contribution in [0.25, 0.3) is 5.57 Å². The number of aryl methyl sites for hydroxylation is 1. The molecule has 0 radical (unpaired) electrons. The van der Waals surface area contributed by atoms with Crippen molar-refractivity contribution in [2.24, 2.45) is 5.92 Å². The summed E-state index contributed by atoms with van der Waals surface area (Å²) in [7, 11) is 0. The van der Waals surface area contributed by atoms with Gasteiger partial charge in [-0.05, 0) is 55.9 Å². The molecule has 2 aliphatic carbocycles. The van der Waals surface area contributed by atoms with Crippen molar-refractivity contribution in [3.8, 4) is 0 Å². The predicted molar refractivity (Wildman–Crippen MR) is 111 cm³/mol. The van der Waals surface area contributed by atoms with Crippen molar-refractivity contribution < 1.29 is 0 Å². The SMILES string of the molecule is Cc1ccc(/C(=C/CC2CCCC2)c2ccc(SC3CC3)cc2)[nH]c1=O.